The second-order valence-corrected chi connectivity index (χ2v) is 7.49. The zero-order valence-corrected chi connectivity index (χ0v) is 18.0. The lowest BCUT2D eigenvalue weighted by Gasteiger charge is -2.12. The normalized spacial score (nSPS) is 10.9. The van der Waals surface area contributed by atoms with Crippen molar-refractivity contribution in [2.45, 2.75) is 6.61 Å². The number of carbonyl (C=O) groups is 1. The number of hydrogen-bond acceptors (Lipinski definition) is 5. The third kappa shape index (κ3) is 5.16. The summed E-state index contributed by atoms with van der Waals surface area (Å²) < 4.78 is 6.03. The molecule has 4 rings (SSSR count). The Bertz CT molecular complexity index is 1370. The average molecular weight is 460 g/mol. The van der Waals surface area contributed by atoms with Gasteiger partial charge in [0.15, 0.2) is 0 Å². The van der Waals surface area contributed by atoms with E-state index in [1.165, 1.54) is 30.5 Å². The van der Waals surface area contributed by atoms with Crippen LogP contribution >= 0.6 is 11.6 Å². The molecule has 0 aliphatic carbocycles. The van der Waals surface area contributed by atoms with Gasteiger partial charge < -0.3 is 4.74 Å². The number of fused-ring (bicyclic) bond motifs is 1. The minimum absolute atomic E-state index is 0.134. The van der Waals surface area contributed by atoms with Crippen molar-refractivity contribution in [1.82, 2.24) is 5.43 Å². The Morgan fingerprint density at radius 3 is 2.64 bits per heavy atom. The minimum atomic E-state index is -0.561. The highest BCUT2D eigenvalue weighted by Crippen LogP contribution is 2.28. The van der Waals surface area contributed by atoms with Crippen molar-refractivity contribution < 1.29 is 14.5 Å². The predicted octanol–water partition coefficient (Wildman–Crippen LogP) is 5.74. The number of halogens is 1. The monoisotopic (exact) mass is 459 g/mol. The second-order valence-electron chi connectivity index (χ2n) is 7.09. The summed E-state index contributed by atoms with van der Waals surface area (Å²) in [5.74, 6) is 0.00990. The molecule has 0 fully saturated rings. The summed E-state index contributed by atoms with van der Waals surface area (Å²) in [4.78, 5) is 22.8. The Kier molecular flexibility index (Phi) is 6.61. The molecule has 0 radical (unpaired) electrons. The van der Waals surface area contributed by atoms with Gasteiger partial charge in [-0.2, -0.15) is 5.10 Å². The van der Waals surface area contributed by atoms with Crippen LogP contribution in [0.4, 0.5) is 5.69 Å². The zero-order chi connectivity index (χ0) is 23.2. The molecule has 164 valence electrons. The van der Waals surface area contributed by atoms with Gasteiger partial charge in [-0.25, -0.2) is 5.43 Å². The molecular weight excluding hydrogens is 442 g/mol. The number of nitrogens with zero attached hydrogens (tertiary/aromatic N) is 2. The van der Waals surface area contributed by atoms with E-state index in [2.05, 4.69) is 10.5 Å². The van der Waals surface area contributed by atoms with E-state index in [4.69, 9.17) is 16.3 Å². The summed E-state index contributed by atoms with van der Waals surface area (Å²) >= 11 is 6.24. The summed E-state index contributed by atoms with van der Waals surface area (Å²) in [5.41, 5.74) is 3.90. The molecular formula is C25H18ClN3O4. The van der Waals surface area contributed by atoms with Crippen LogP contribution in [0.5, 0.6) is 5.75 Å². The number of nitro benzene ring substituents is 1. The first-order valence-electron chi connectivity index (χ1n) is 9.99. The van der Waals surface area contributed by atoms with Gasteiger partial charge in [0, 0.05) is 33.8 Å². The van der Waals surface area contributed by atoms with Crippen LogP contribution in [-0.2, 0) is 6.61 Å². The molecule has 0 atom stereocenters. The molecule has 0 aliphatic heterocycles. The maximum Gasteiger partial charge on any atom is 0.271 e. The van der Waals surface area contributed by atoms with E-state index >= 15 is 0 Å². The van der Waals surface area contributed by atoms with Crippen LogP contribution in [0.1, 0.15) is 21.5 Å². The maximum absolute atomic E-state index is 12.4. The molecule has 8 heteroatoms. The molecule has 0 heterocycles. The first-order chi connectivity index (χ1) is 16.0. The van der Waals surface area contributed by atoms with Crippen molar-refractivity contribution in [3.8, 4) is 5.75 Å². The number of nitrogens with one attached hydrogen (secondary N) is 1. The Hall–Kier alpha value is -4.23. The molecule has 4 aromatic rings. The number of hydrogen-bond donors (Lipinski definition) is 1. The highest BCUT2D eigenvalue weighted by Gasteiger charge is 2.12. The fourth-order valence-electron chi connectivity index (χ4n) is 3.29. The van der Waals surface area contributed by atoms with E-state index in [0.717, 1.165) is 16.3 Å². The van der Waals surface area contributed by atoms with Crippen LogP contribution in [0.2, 0.25) is 5.02 Å². The van der Waals surface area contributed by atoms with Crippen molar-refractivity contribution in [3.05, 3.63) is 117 Å². The average Bonchev–Trinajstić information content (AvgIpc) is 2.84. The minimum Gasteiger partial charge on any atom is -0.488 e. The number of carbonyl (C=O) groups excluding carboxylic acids is 1. The molecule has 0 saturated heterocycles. The molecule has 4 aromatic carbocycles. The lowest BCUT2D eigenvalue weighted by atomic mass is 10.0. The van der Waals surface area contributed by atoms with Gasteiger partial charge in [-0.1, -0.05) is 66.2 Å². The number of ether oxygens (including phenoxy) is 1. The summed E-state index contributed by atoms with van der Waals surface area (Å²) in [6.45, 7) is 0.263. The number of rotatable bonds is 7. The highest BCUT2D eigenvalue weighted by molar-refractivity contribution is 6.31. The van der Waals surface area contributed by atoms with Crippen LogP contribution in [0, 0.1) is 10.1 Å². The largest absolute Gasteiger partial charge is 0.488 e. The summed E-state index contributed by atoms with van der Waals surface area (Å²) in [7, 11) is 0. The summed E-state index contributed by atoms with van der Waals surface area (Å²) in [5, 5.41) is 17.5. The van der Waals surface area contributed by atoms with E-state index in [9.17, 15) is 14.9 Å². The lowest BCUT2D eigenvalue weighted by molar-refractivity contribution is -0.384. The summed E-state index contributed by atoms with van der Waals surface area (Å²) in [6.07, 6.45) is 1.50. The van der Waals surface area contributed by atoms with Crippen LogP contribution in [0.3, 0.4) is 0 Å². The van der Waals surface area contributed by atoms with E-state index in [-0.39, 0.29) is 17.9 Å². The molecule has 0 aliphatic rings. The van der Waals surface area contributed by atoms with Crippen LogP contribution in [0.15, 0.2) is 90.0 Å². The third-order valence-corrected chi connectivity index (χ3v) is 5.32. The first kappa shape index (κ1) is 22.0. The maximum atomic E-state index is 12.4. The topological polar surface area (TPSA) is 93.8 Å². The van der Waals surface area contributed by atoms with Crippen molar-refractivity contribution in [3.63, 3.8) is 0 Å². The molecule has 0 unspecified atom stereocenters. The van der Waals surface area contributed by atoms with Gasteiger partial charge in [0.25, 0.3) is 11.6 Å². The smallest absolute Gasteiger partial charge is 0.271 e. The lowest BCUT2D eigenvalue weighted by Crippen LogP contribution is -2.17. The van der Waals surface area contributed by atoms with Crippen LogP contribution in [0.25, 0.3) is 10.8 Å². The van der Waals surface area contributed by atoms with Gasteiger partial charge in [0.2, 0.25) is 0 Å². The Morgan fingerprint density at radius 2 is 1.82 bits per heavy atom. The fourth-order valence-corrected chi connectivity index (χ4v) is 3.48. The van der Waals surface area contributed by atoms with Gasteiger partial charge in [0.05, 0.1) is 11.1 Å². The van der Waals surface area contributed by atoms with E-state index in [0.29, 0.717) is 16.3 Å². The predicted molar refractivity (Wildman–Crippen MR) is 128 cm³/mol. The first-order valence-corrected chi connectivity index (χ1v) is 10.4. The van der Waals surface area contributed by atoms with E-state index < -0.39 is 10.8 Å². The van der Waals surface area contributed by atoms with E-state index in [1.54, 1.807) is 6.07 Å². The molecule has 1 amide bonds. The molecule has 7 nitrogen and oxygen atoms in total. The Morgan fingerprint density at radius 1 is 1.03 bits per heavy atom. The molecule has 0 saturated carbocycles. The van der Waals surface area contributed by atoms with Crippen LogP contribution < -0.4 is 10.2 Å². The highest BCUT2D eigenvalue weighted by atomic mass is 35.5. The third-order valence-electron chi connectivity index (χ3n) is 4.95. The van der Waals surface area contributed by atoms with Gasteiger partial charge in [-0.15, -0.1) is 0 Å². The SMILES string of the molecule is O=C(N/N=C\c1c(OCc2ccccc2Cl)ccc2ccccc12)c1cccc([N+](=O)[O-])c1. The van der Waals surface area contributed by atoms with Gasteiger partial charge >= 0.3 is 0 Å². The fraction of sp³-hybridized carbons (Fsp3) is 0.0400. The number of non-ortho nitro benzene ring substituents is 1. The van der Waals surface area contributed by atoms with Crippen molar-refractivity contribution in [1.29, 1.82) is 0 Å². The molecule has 33 heavy (non-hydrogen) atoms. The van der Waals surface area contributed by atoms with Crippen LogP contribution in [-0.4, -0.2) is 17.0 Å². The number of benzene rings is 4. The van der Waals surface area contributed by atoms with Crippen molar-refractivity contribution >= 4 is 40.2 Å². The van der Waals surface area contributed by atoms with Gasteiger partial charge in [0.1, 0.15) is 12.4 Å². The molecule has 0 aromatic heterocycles. The number of amides is 1. The Labute approximate surface area is 194 Å². The number of nitro groups is 1. The van der Waals surface area contributed by atoms with Crippen molar-refractivity contribution in [2.24, 2.45) is 5.10 Å². The standard InChI is InChI=1S/C25H18ClN3O4/c26-23-11-4-2-7-19(23)16-33-24-13-12-17-6-1-3-10-21(17)22(24)15-27-28-25(30)18-8-5-9-20(14-18)29(31)32/h1-15H,16H2,(H,28,30)/b27-15-. The van der Waals surface area contributed by atoms with Gasteiger partial charge in [-0.3, -0.25) is 14.9 Å². The van der Waals surface area contributed by atoms with E-state index in [1.807, 2.05) is 54.6 Å². The van der Waals surface area contributed by atoms with Crippen molar-refractivity contribution in [2.75, 3.05) is 0 Å². The summed E-state index contributed by atoms with van der Waals surface area (Å²) in [6, 6.07) is 24.4. The van der Waals surface area contributed by atoms with Gasteiger partial charge in [-0.05, 0) is 29.0 Å². The zero-order valence-electron chi connectivity index (χ0n) is 17.3. The Balaban J connectivity index is 1.59. The molecule has 0 spiro atoms. The molecule has 0 bridgehead atoms. The second kappa shape index (κ2) is 9.93. The molecule has 1 N–H and O–H groups in total. The number of hydrazone groups is 1. The quantitative estimate of drug-likeness (QED) is 0.216.